The number of amides is 1. The lowest BCUT2D eigenvalue weighted by atomic mass is 10.0. The second-order valence-electron chi connectivity index (χ2n) is 5.12. The van der Waals surface area contributed by atoms with E-state index in [2.05, 4.69) is 15.9 Å². The van der Waals surface area contributed by atoms with Gasteiger partial charge in [0.25, 0.3) is 0 Å². The molecule has 1 N–H and O–H groups in total. The van der Waals surface area contributed by atoms with E-state index in [1.807, 2.05) is 24.3 Å². The van der Waals surface area contributed by atoms with Crippen molar-refractivity contribution >= 4 is 27.8 Å². The van der Waals surface area contributed by atoms with E-state index in [9.17, 15) is 9.59 Å². The van der Waals surface area contributed by atoms with Gasteiger partial charge in [-0.25, -0.2) is 0 Å². The Morgan fingerprint density at radius 1 is 1.48 bits per heavy atom. The van der Waals surface area contributed by atoms with E-state index in [1.165, 1.54) is 0 Å². The molecule has 1 aromatic carbocycles. The Morgan fingerprint density at radius 2 is 2.24 bits per heavy atom. The van der Waals surface area contributed by atoms with E-state index < -0.39 is 11.9 Å². The molecule has 1 heterocycles. The SMILES string of the molecule is CC1C(C(=O)O)CCN1C(=O)CCOc1cccc(Br)c1. The van der Waals surface area contributed by atoms with E-state index in [0.29, 0.717) is 18.7 Å². The van der Waals surface area contributed by atoms with Gasteiger partial charge < -0.3 is 14.7 Å². The Balaban J connectivity index is 1.81. The minimum atomic E-state index is -0.830. The number of carboxylic acids is 1. The second-order valence-corrected chi connectivity index (χ2v) is 6.03. The average Bonchev–Trinajstić information content (AvgIpc) is 2.80. The lowest BCUT2D eigenvalue weighted by molar-refractivity contribution is -0.143. The number of benzene rings is 1. The fourth-order valence-electron chi connectivity index (χ4n) is 2.58. The molecule has 0 aromatic heterocycles. The summed E-state index contributed by atoms with van der Waals surface area (Å²) < 4.78 is 6.45. The first-order chi connectivity index (χ1) is 9.99. The monoisotopic (exact) mass is 355 g/mol. The zero-order chi connectivity index (χ0) is 15.4. The van der Waals surface area contributed by atoms with Crippen LogP contribution < -0.4 is 4.74 Å². The summed E-state index contributed by atoms with van der Waals surface area (Å²) in [7, 11) is 0. The highest BCUT2D eigenvalue weighted by Crippen LogP contribution is 2.25. The number of hydrogen-bond acceptors (Lipinski definition) is 3. The van der Waals surface area contributed by atoms with E-state index in [1.54, 1.807) is 11.8 Å². The molecule has 114 valence electrons. The fourth-order valence-corrected chi connectivity index (χ4v) is 2.96. The zero-order valence-corrected chi connectivity index (χ0v) is 13.4. The number of hydrogen-bond donors (Lipinski definition) is 1. The quantitative estimate of drug-likeness (QED) is 0.881. The molecular weight excluding hydrogens is 338 g/mol. The van der Waals surface area contributed by atoms with Crippen molar-refractivity contribution in [2.75, 3.05) is 13.2 Å². The molecule has 0 saturated carbocycles. The Labute approximate surface area is 132 Å². The predicted octanol–water partition coefficient (Wildman–Crippen LogP) is 2.54. The third kappa shape index (κ3) is 3.97. The van der Waals surface area contributed by atoms with Gasteiger partial charge in [-0.1, -0.05) is 22.0 Å². The summed E-state index contributed by atoms with van der Waals surface area (Å²) in [5.41, 5.74) is 0. The molecule has 2 rings (SSSR count). The summed E-state index contributed by atoms with van der Waals surface area (Å²) in [6, 6.07) is 7.18. The standard InChI is InChI=1S/C15H18BrNO4/c1-10-13(15(19)20)5-7-17(10)14(18)6-8-21-12-4-2-3-11(16)9-12/h2-4,9-10,13H,5-8H2,1H3,(H,19,20). The number of aliphatic carboxylic acids is 1. The van der Waals surface area contributed by atoms with Crippen molar-refractivity contribution in [3.05, 3.63) is 28.7 Å². The summed E-state index contributed by atoms with van der Waals surface area (Å²) in [4.78, 5) is 24.8. The number of carbonyl (C=O) groups is 2. The van der Waals surface area contributed by atoms with Crippen LogP contribution in [0.5, 0.6) is 5.75 Å². The van der Waals surface area contributed by atoms with Crippen LogP contribution in [0.15, 0.2) is 28.7 Å². The number of ether oxygens (including phenoxy) is 1. The summed E-state index contributed by atoms with van der Waals surface area (Å²) in [6.45, 7) is 2.59. The maximum absolute atomic E-state index is 12.1. The molecule has 1 aliphatic rings. The topological polar surface area (TPSA) is 66.8 Å². The van der Waals surface area contributed by atoms with Crippen molar-refractivity contribution in [2.24, 2.45) is 5.92 Å². The van der Waals surface area contributed by atoms with Crippen LogP contribution in [-0.4, -0.2) is 41.1 Å². The number of carbonyl (C=O) groups excluding carboxylic acids is 1. The molecule has 0 spiro atoms. The second kappa shape index (κ2) is 6.93. The molecule has 1 fully saturated rings. The minimum absolute atomic E-state index is 0.0544. The maximum atomic E-state index is 12.1. The molecule has 2 unspecified atom stereocenters. The third-order valence-corrected chi connectivity index (χ3v) is 4.27. The van der Waals surface area contributed by atoms with Crippen LogP contribution in [0.1, 0.15) is 19.8 Å². The first-order valence-electron chi connectivity index (χ1n) is 6.89. The molecule has 6 heteroatoms. The van der Waals surface area contributed by atoms with Gasteiger partial charge in [0.1, 0.15) is 5.75 Å². The maximum Gasteiger partial charge on any atom is 0.308 e. The molecule has 0 bridgehead atoms. The van der Waals surface area contributed by atoms with Crippen molar-refractivity contribution in [2.45, 2.75) is 25.8 Å². The van der Waals surface area contributed by atoms with Crippen molar-refractivity contribution in [1.29, 1.82) is 0 Å². The molecule has 2 atom stereocenters. The summed E-state index contributed by atoms with van der Waals surface area (Å²) in [5.74, 6) is -0.639. The molecule has 1 aliphatic heterocycles. The van der Waals surface area contributed by atoms with E-state index in [-0.39, 0.29) is 25.0 Å². The van der Waals surface area contributed by atoms with Gasteiger partial charge in [0.15, 0.2) is 0 Å². The smallest absolute Gasteiger partial charge is 0.308 e. The molecule has 0 radical (unpaired) electrons. The lowest BCUT2D eigenvalue weighted by Gasteiger charge is -2.23. The van der Waals surface area contributed by atoms with Gasteiger partial charge in [0.05, 0.1) is 18.9 Å². The number of nitrogens with zero attached hydrogens (tertiary/aromatic N) is 1. The average molecular weight is 356 g/mol. The highest BCUT2D eigenvalue weighted by molar-refractivity contribution is 9.10. The molecule has 5 nitrogen and oxygen atoms in total. The zero-order valence-electron chi connectivity index (χ0n) is 11.8. The van der Waals surface area contributed by atoms with Crippen LogP contribution in [0.3, 0.4) is 0 Å². The van der Waals surface area contributed by atoms with Crippen LogP contribution >= 0.6 is 15.9 Å². The number of rotatable bonds is 5. The molecule has 1 aromatic rings. The Kier molecular flexibility index (Phi) is 5.22. The Hall–Kier alpha value is -1.56. The highest BCUT2D eigenvalue weighted by Gasteiger charge is 2.37. The third-order valence-electron chi connectivity index (χ3n) is 3.77. The Bertz CT molecular complexity index is 534. The van der Waals surface area contributed by atoms with Crippen molar-refractivity contribution in [1.82, 2.24) is 4.90 Å². The van der Waals surface area contributed by atoms with Gasteiger partial charge in [0, 0.05) is 17.1 Å². The van der Waals surface area contributed by atoms with Gasteiger partial charge in [-0.3, -0.25) is 9.59 Å². The first-order valence-corrected chi connectivity index (χ1v) is 7.69. The van der Waals surface area contributed by atoms with Crippen molar-refractivity contribution in [3.8, 4) is 5.75 Å². The van der Waals surface area contributed by atoms with E-state index in [4.69, 9.17) is 9.84 Å². The minimum Gasteiger partial charge on any atom is -0.493 e. The van der Waals surface area contributed by atoms with E-state index in [0.717, 1.165) is 4.47 Å². The van der Waals surface area contributed by atoms with Crippen LogP contribution in [-0.2, 0) is 9.59 Å². The normalized spacial score (nSPS) is 21.3. The van der Waals surface area contributed by atoms with Crippen molar-refractivity contribution < 1.29 is 19.4 Å². The van der Waals surface area contributed by atoms with Crippen LogP contribution in [0.2, 0.25) is 0 Å². The largest absolute Gasteiger partial charge is 0.493 e. The lowest BCUT2D eigenvalue weighted by Crippen LogP contribution is -2.38. The van der Waals surface area contributed by atoms with Gasteiger partial charge in [-0.15, -0.1) is 0 Å². The number of halogens is 1. The molecule has 1 saturated heterocycles. The summed E-state index contributed by atoms with van der Waals surface area (Å²) >= 11 is 3.35. The van der Waals surface area contributed by atoms with Crippen LogP contribution in [0.25, 0.3) is 0 Å². The van der Waals surface area contributed by atoms with Gasteiger partial charge >= 0.3 is 5.97 Å². The number of carboxylic acid groups (broad SMARTS) is 1. The predicted molar refractivity (Wildman–Crippen MR) is 81.2 cm³/mol. The summed E-state index contributed by atoms with van der Waals surface area (Å²) in [5, 5.41) is 9.07. The molecule has 21 heavy (non-hydrogen) atoms. The molecule has 1 amide bonds. The molecular formula is C15H18BrNO4. The highest BCUT2D eigenvalue weighted by atomic mass is 79.9. The summed E-state index contributed by atoms with van der Waals surface area (Å²) in [6.07, 6.45) is 0.776. The van der Waals surface area contributed by atoms with Crippen molar-refractivity contribution in [3.63, 3.8) is 0 Å². The van der Waals surface area contributed by atoms with Gasteiger partial charge in [-0.05, 0) is 31.5 Å². The molecule has 0 aliphatic carbocycles. The first kappa shape index (κ1) is 15.8. The van der Waals surface area contributed by atoms with Crippen LogP contribution in [0, 0.1) is 5.92 Å². The van der Waals surface area contributed by atoms with Gasteiger partial charge in [-0.2, -0.15) is 0 Å². The Morgan fingerprint density at radius 3 is 2.86 bits per heavy atom. The fraction of sp³-hybridized carbons (Fsp3) is 0.467. The van der Waals surface area contributed by atoms with Gasteiger partial charge in [0.2, 0.25) is 5.91 Å². The van der Waals surface area contributed by atoms with Crippen LogP contribution in [0.4, 0.5) is 0 Å². The number of likely N-dealkylation sites (tertiary alicyclic amines) is 1. The van der Waals surface area contributed by atoms with E-state index >= 15 is 0 Å².